The zero-order valence-corrected chi connectivity index (χ0v) is 20.1. The van der Waals surface area contributed by atoms with Crippen LogP contribution in [0.15, 0.2) is 55.1 Å². The number of nitrogens with two attached hydrogens (primary N) is 1. The molecule has 0 radical (unpaired) electrons. The van der Waals surface area contributed by atoms with Crippen LogP contribution in [-0.4, -0.2) is 43.3 Å². The van der Waals surface area contributed by atoms with Crippen LogP contribution in [0.5, 0.6) is 0 Å². The number of carbonyl (C=O) groups is 1. The summed E-state index contributed by atoms with van der Waals surface area (Å²) < 4.78 is 4.07. The Morgan fingerprint density at radius 3 is 2.66 bits per heavy atom. The van der Waals surface area contributed by atoms with E-state index in [2.05, 4.69) is 38.5 Å². The second kappa shape index (κ2) is 9.34. The second-order valence-electron chi connectivity index (χ2n) is 9.20. The van der Waals surface area contributed by atoms with Gasteiger partial charge in [-0.2, -0.15) is 5.10 Å². The van der Waals surface area contributed by atoms with Gasteiger partial charge in [0.1, 0.15) is 17.8 Å². The number of nitrogen functional groups attached to an aromatic ring is 1. The highest BCUT2D eigenvalue weighted by atomic mass is 16.1. The van der Waals surface area contributed by atoms with Gasteiger partial charge in [0.2, 0.25) is 0 Å². The Morgan fingerprint density at radius 1 is 1.20 bits per heavy atom. The molecule has 0 bridgehead atoms. The molecule has 0 unspecified atom stereocenters. The van der Waals surface area contributed by atoms with Crippen LogP contribution >= 0.6 is 0 Å². The van der Waals surface area contributed by atoms with Gasteiger partial charge in [0, 0.05) is 42.2 Å². The zero-order valence-electron chi connectivity index (χ0n) is 20.1. The number of hydrogen-bond donors (Lipinski definition) is 3. The summed E-state index contributed by atoms with van der Waals surface area (Å²) in [4.78, 5) is 20.8. The molecular formula is C26H30N8O. The van der Waals surface area contributed by atoms with E-state index in [9.17, 15) is 4.79 Å². The molecule has 0 saturated carbocycles. The SMILES string of the molecule is C=C(C)C(=O)Nc1ccc(-c2c(-c3cnn(CC4CCNCC4)c3)c3c(N)ncnc3n2C)cc1. The number of amides is 1. The van der Waals surface area contributed by atoms with E-state index in [1.54, 1.807) is 6.92 Å². The lowest BCUT2D eigenvalue weighted by atomic mass is 9.98. The third-order valence-electron chi connectivity index (χ3n) is 6.63. The summed E-state index contributed by atoms with van der Waals surface area (Å²) in [7, 11) is 1.98. The fourth-order valence-corrected chi connectivity index (χ4v) is 4.77. The molecule has 0 spiro atoms. The van der Waals surface area contributed by atoms with E-state index in [0.717, 1.165) is 65.9 Å². The predicted molar refractivity (Wildman–Crippen MR) is 139 cm³/mol. The summed E-state index contributed by atoms with van der Waals surface area (Å²) in [5.41, 5.74) is 12.1. The third kappa shape index (κ3) is 4.42. The van der Waals surface area contributed by atoms with E-state index in [-0.39, 0.29) is 5.91 Å². The molecule has 4 heterocycles. The van der Waals surface area contributed by atoms with Crippen molar-refractivity contribution >= 4 is 28.4 Å². The van der Waals surface area contributed by atoms with E-state index < -0.39 is 0 Å². The van der Waals surface area contributed by atoms with Gasteiger partial charge in [-0.05, 0) is 56.5 Å². The van der Waals surface area contributed by atoms with E-state index in [4.69, 9.17) is 5.73 Å². The first-order chi connectivity index (χ1) is 16.9. The van der Waals surface area contributed by atoms with Gasteiger partial charge in [-0.1, -0.05) is 18.7 Å². The van der Waals surface area contributed by atoms with Gasteiger partial charge in [0.05, 0.1) is 17.3 Å². The molecule has 180 valence electrons. The van der Waals surface area contributed by atoms with Crippen molar-refractivity contribution in [3.8, 4) is 22.4 Å². The van der Waals surface area contributed by atoms with Crippen LogP contribution in [0.2, 0.25) is 0 Å². The lowest BCUT2D eigenvalue weighted by molar-refractivity contribution is -0.112. The number of anilines is 2. The molecule has 0 aliphatic carbocycles. The first kappa shape index (κ1) is 22.8. The Kier molecular flexibility index (Phi) is 6.08. The number of hydrogen-bond acceptors (Lipinski definition) is 6. The molecule has 4 N–H and O–H groups in total. The minimum atomic E-state index is -0.202. The van der Waals surface area contributed by atoms with Crippen LogP contribution < -0.4 is 16.4 Å². The summed E-state index contributed by atoms with van der Waals surface area (Å²) in [6.07, 6.45) is 7.79. The van der Waals surface area contributed by atoms with Gasteiger partial charge >= 0.3 is 0 Å². The summed E-state index contributed by atoms with van der Waals surface area (Å²) in [6.45, 7) is 8.39. The average molecular weight is 471 g/mol. The second-order valence-corrected chi connectivity index (χ2v) is 9.20. The molecule has 1 fully saturated rings. The molecular weight excluding hydrogens is 440 g/mol. The largest absolute Gasteiger partial charge is 0.383 e. The Labute approximate surface area is 204 Å². The summed E-state index contributed by atoms with van der Waals surface area (Å²) in [5.74, 6) is 0.849. The van der Waals surface area contributed by atoms with Crippen molar-refractivity contribution in [2.45, 2.75) is 26.3 Å². The number of piperidine rings is 1. The fourth-order valence-electron chi connectivity index (χ4n) is 4.77. The van der Waals surface area contributed by atoms with Gasteiger partial charge in [-0.15, -0.1) is 0 Å². The number of nitrogens with one attached hydrogen (secondary N) is 2. The zero-order chi connectivity index (χ0) is 24.5. The number of nitrogens with zero attached hydrogens (tertiary/aromatic N) is 5. The van der Waals surface area contributed by atoms with Gasteiger partial charge in [0.25, 0.3) is 5.91 Å². The monoisotopic (exact) mass is 470 g/mol. The molecule has 1 aliphatic heterocycles. The third-order valence-corrected chi connectivity index (χ3v) is 6.63. The standard InChI is InChI=1S/C26H30N8O/c1-16(2)26(35)32-20-6-4-18(5-7-20)23-21(22-24(27)29-15-30-25(22)33(23)3)19-12-31-34(14-19)13-17-8-10-28-11-9-17/h4-7,12,14-15,17,28H,1,8-11,13H2,2-3H3,(H,32,35)(H2,27,29,30). The highest BCUT2D eigenvalue weighted by Gasteiger charge is 2.23. The molecule has 9 nitrogen and oxygen atoms in total. The quantitative estimate of drug-likeness (QED) is 0.371. The Bertz CT molecular complexity index is 1390. The number of rotatable bonds is 6. The van der Waals surface area contributed by atoms with Crippen molar-refractivity contribution in [3.05, 3.63) is 55.1 Å². The summed E-state index contributed by atoms with van der Waals surface area (Å²) >= 11 is 0. The molecule has 1 aromatic carbocycles. The maximum Gasteiger partial charge on any atom is 0.250 e. The van der Waals surface area contributed by atoms with Crippen molar-refractivity contribution in [1.29, 1.82) is 0 Å². The predicted octanol–water partition coefficient (Wildman–Crippen LogP) is 3.60. The van der Waals surface area contributed by atoms with E-state index in [1.165, 1.54) is 6.33 Å². The van der Waals surface area contributed by atoms with Crippen molar-refractivity contribution in [3.63, 3.8) is 0 Å². The topological polar surface area (TPSA) is 116 Å². The van der Waals surface area contributed by atoms with Gasteiger partial charge in [-0.25, -0.2) is 9.97 Å². The van der Waals surface area contributed by atoms with E-state index in [0.29, 0.717) is 23.0 Å². The average Bonchev–Trinajstić information content (AvgIpc) is 3.43. The van der Waals surface area contributed by atoms with Gasteiger partial charge in [0.15, 0.2) is 0 Å². The van der Waals surface area contributed by atoms with Crippen LogP contribution in [0.4, 0.5) is 11.5 Å². The molecule has 3 aromatic heterocycles. The Balaban J connectivity index is 1.57. The van der Waals surface area contributed by atoms with E-state index >= 15 is 0 Å². The fraction of sp³-hybridized carbons (Fsp3) is 0.308. The number of benzene rings is 1. The molecule has 35 heavy (non-hydrogen) atoms. The van der Waals surface area contributed by atoms with Crippen molar-refractivity contribution in [2.24, 2.45) is 13.0 Å². The molecule has 4 aromatic rings. The highest BCUT2D eigenvalue weighted by molar-refractivity contribution is 6.08. The van der Waals surface area contributed by atoms with Crippen LogP contribution in [0.3, 0.4) is 0 Å². The first-order valence-corrected chi connectivity index (χ1v) is 11.8. The number of aryl methyl sites for hydroxylation is 1. The Hall–Kier alpha value is -3.98. The number of fused-ring (bicyclic) bond motifs is 1. The normalized spacial score (nSPS) is 14.3. The summed E-state index contributed by atoms with van der Waals surface area (Å²) in [6, 6.07) is 7.73. The lowest BCUT2D eigenvalue weighted by Gasteiger charge is -2.22. The van der Waals surface area contributed by atoms with Crippen molar-refractivity contribution in [1.82, 2.24) is 29.6 Å². The first-order valence-electron chi connectivity index (χ1n) is 11.8. The molecule has 0 atom stereocenters. The summed E-state index contributed by atoms with van der Waals surface area (Å²) in [5, 5.41) is 11.8. The minimum absolute atomic E-state index is 0.202. The van der Waals surface area contributed by atoms with Crippen LogP contribution in [0.25, 0.3) is 33.4 Å². The smallest absolute Gasteiger partial charge is 0.250 e. The van der Waals surface area contributed by atoms with Crippen molar-refractivity contribution in [2.75, 3.05) is 24.1 Å². The highest BCUT2D eigenvalue weighted by Crippen LogP contribution is 2.41. The Morgan fingerprint density at radius 2 is 1.94 bits per heavy atom. The number of carbonyl (C=O) groups excluding carboxylic acids is 1. The maximum absolute atomic E-state index is 12.0. The van der Waals surface area contributed by atoms with Gasteiger partial charge < -0.3 is 20.9 Å². The lowest BCUT2D eigenvalue weighted by Crippen LogP contribution is -2.29. The van der Waals surface area contributed by atoms with Crippen LogP contribution in [0, 0.1) is 5.92 Å². The van der Waals surface area contributed by atoms with Gasteiger partial charge in [-0.3, -0.25) is 9.48 Å². The minimum Gasteiger partial charge on any atom is -0.383 e. The van der Waals surface area contributed by atoms with Crippen LogP contribution in [-0.2, 0) is 18.4 Å². The maximum atomic E-state index is 12.0. The number of aromatic nitrogens is 5. The van der Waals surface area contributed by atoms with E-state index in [1.807, 2.05) is 46.8 Å². The molecule has 5 rings (SSSR count). The molecule has 1 aliphatic rings. The van der Waals surface area contributed by atoms with Crippen LogP contribution in [0.1, 0.15) is 19.8 Å². The molecule has 1 amide bonds. The molecule has 9 heteroatoms. The van der Waals surface area contributed by atoms with Crippen molar-refractivity contribution < 1.29 is 4.79 Å². The molecule has 1 saturated heterocycles.